The summed E-state index contributed by atoms with van der Waals surface area (Å²) in [5.41, 5.74) is -0.138. The molecular formula is C85H100Br2Cl6N8O17. The first-order valence-corrected chi connectivity index (χ1v) is 42.9. The maximum Gasteiger partial charge on any atom is 0.326 e. The molecule has 33 heteroatoms. The van der Waals surface area contributed by atoms with E-state index in [2.05, 4.69) is 58.4 Å². The number of halogens is 8. The molecule has 6 aromatic rings. The van der Waals surface area contributed by atoms with Gasteiger partial charge in [-0.05, 0) is 141 Å². The van der Waals surface area contributed by atoms with Gasteiger partial charge in [-0.15, -0.1) is 0 Å². The second-order valence-electron chi connectivity index (χ2n) is 29.1. The van der Waals surface area contributed by atoms with Gasteiger partial charge in [-0.1, -0.05) is 198 Å². The molecule has 2 unspecified atom stereocenters. The van der Waals surface area contributed by atoms with E-state index in [1.807, 2.05) is 0 Å². The molecule has 0 aromatic heterocycles. The van der Waals surface area contributed by atoms with Crippen molar-refractivity contribution < 1.29 is 82.3 Å². The number of alkyl halides is 2. The molecule has 3 aliphatic rings. The van der Waals surface area contributed by atoms with Crippen LogP contribution in [0.4, 0.5) is 0 Å². The summed E-state index contributed by atoms with van der Waals surface area (Å²) >= 11 is 44.2. The van der Waals surface area contributed by atoms with Crippen molar-refractivity contribution in [2.75, 3.05) is 39.3 Å². The average Bonchev–Trinajstić information content (AvgIpc) is 1.46. The number of carboxylic acid groups (broad SMARTS) is 3. The molecule has 3 aliphatic heterocycles. The van der Waals surface area contributed by atoms with Gasteiger partial charge in [0, 0.05) is 141 Å². The molecule has 6 aromatic carbocycles. The molecule has 9 rings (SSSR count). The van der Waals surface area contributed by atoms with E-state index in [1.165, 1.54) is 13.8 Å². The zero-order chi connectivity index (χ0) is 86.9. The Bertz CT molecular complexity index is 4260. The number of ether oxygens (including phenoxy) is 3. The first kappa shape index (κ1) is 96.7. The summed E-state index contributed by atoms with van der Waals surface area (Å²) in [5, 5.41) is 46.1. The molecule has 638 valence electrons. The van der Waals surface area contributed by atoms with Gasteiger partial charge in [0.25, 0.3) is 0 Å². The van der Waals surface area contributed by atoms with Crippen LogP contribution in [0.2, 0.25) is 30.1 Å². The average molecular weight is 1880 g/mol. The number of amides is 8. The largest absolute Gasteiger partial charge is 0.489 e. The molecule has 118 heavy (non-hydrogen) atoms. The maximum absolute atomic E-state index is 13.5. The van der Waals surface area contributed by atoms with Gasteiger partial charge in [0.05, 0.1) is 0 Å². The van der Waals surface area contributed by atoms with Crippen molar-refractivity contribution in [1.82, 2.24) is 41.3 Å². The van der Waals surface area contributed by atoms with Gasteiger partial charge >= 0.3 is 17.9 Å². The molecule has 3 fully saturated rings. The number of nitrogens with one attached hydrogen (secondary N) is 5. The van der Waals surface area contributed by atoms with E-state index in [0.717, 1.165) is 0 Å². The summed E-state index contributed by atoms with van der Waals surface area (Å²) < 4.78 is 17.4. The Hall–Kier alpha value is -8.41. The van der Waals surface area contributed by atoms with Crippen molar-refractivity contribution in [3.8, 4) is 17.2 Å². The number of carbonyl (C=O) groups is 11. The van der Waals surface area contributed by atoms with Crippen LogP contribution in [0, 0.1) is 16.2 Å². The molecule has 8 N–H and O–H groups in total. The Morgan fingerprint density at radius 1 is 0.390 bits per heavy atom. The molecule has 0 bridgehead atoms. The lowest BCUT2D eigenvalue weighted by Crippen LogP contribution is -2.55. The number of benzene rings is 6. The number of likely N-dealkylation sites (tertiary alicyclic amines) is 3. The standard InChI is InChI=1S/2C29H35Cl2N3O6.C27H30Br2Cl2N2O5/c2*1-4-29(5-2,28(39)34-14-13-20(16-34)32-18(3)35)27(38)33-25(26(36)37)15-19-9-11-21(12-10-19)40-17-22-23(30)7-6-8-24(22)31;1-3-27(4-2,26(37)33-13-19(28)20(29)14-33)25(36)32-23(24(34)35)12-16-8-10-17(11-9-16)38-15-18-21(30)6-5-7-22(18)31/h2*6-12,20,25H,4-5,13-17H2,1-3H3,(H,32,35)(H,33,38)(H,36,37);5-11,19-20,23H,3-4,12-15H2,1-2H3,(H,32,36)(H,34,35)/t2*20-,25+;19?,20?,23-/m110/s1. The molecule has 3 saturated heterocycles. The molecular weight excluding hydrogens is 1780 g/mol. The number of carbonyl (C=O) groups excluding carboxylic acids is 8. The SMILES string of the molecule is CCC(CC)(C(=O)N[C@@H](Cc1ccc(OCc2c(Cl)cccc2Cl)cc1)C(=O)O)C(=O)N1CC(Br)C(Br)C1.CCC(CC)(C(=O)N[C@@H](Cc1ccc(OCc2c(Cl)cccc2Cl)cc1)C(=O)O)C(=O)N1CC[C@@H](NC(C)=O)C1.CCC(CC)(C(=O)N[C@@H](Cc1ccc(OCc2c(Cl)cccc2Cl)cc1)C(=O)O)C(=O)N1CC[C@@H](NC(C)=O)C1. The lowest BCUT2D eigenvalue weighted by Gasteiger charge is -2.34. The van der Waals surface area contributed by atoms with Crippen LogP contribution >= 0.6 is 101 Å². The van der Waals surface area contributed by atoms with Crippen molar-refractivity contribution in [2.24, 2.45) is 16.2 Å². The monoisotopic (exact) mass is 1870 g/mol. The highest BCUT2D eigenvalue weighted by molar-refractivity contribution is 9.12. The van der Waals surface area contributed by atoms with Crippen molar-refractivity contribution in [3.63, 3.8) is 0 Å². The summed E-state index contributed by atoms with van der Waals surface area (Å²) in [7, 11) is 0. The number of aliphatic carboxylic acids is 3. The Morgan fingerprint density at radius 2 is 0.627 bits per heavy atom. The van der Waals surface area contributed by atoms with E-state index >= 15 is 0 Å². The van der Waals surface area contributed by atoms with Gasteiger partial charge in [0.15, 0.2) is 0 Å². The maximum atomic E-state index is 13.5. The Balaban J connectivity index is 0.000000244. The highest BCUT2D eigenvalue weighted by Crippen LogP contribution is 2.38. The highest BCUT2D eigenvalue weighted by atomic mass is 79.9. The third-order valence-corrected chi connectivity index (χ3v) is 26.3. The summed E-state index contributed by atoms with van der Waals surface area (Å²) in [6.45, 7) is 16.3. The lowest BCUT2D eigenvalue weighted by molar-refractivity contribution is -0.154. The Kier molecular flexibility index (Phi) is 37.1. The second-order valence-corrected chi connectivity index (χ2v) is 33.9. The number of hydrogen-bond acceptors (Lipinski definition) is 14. The van der Waals surface area contributed by atoms with Crippen LogP contribution in [0.1, 0.15) is 140 Å². The van der Waals surface area contributed by atoms with E-state index in [1.54, 1.807) is 184 Å². The smallest absolute Gasteiger partial charge is 0.326 e. The van der Waals surface area contributed by atoms with Crippen molar-refractivity contribution in [2.45, 2.75) is 186 Å². The minimum Gasteiger partial charge on any atom is -0.489 e. The van der Waals surface area contributed by atoms with Crippen molar-refractivity contribution >= 4 is 167 Å². The molecule has 3 heterocycles. The molecule has 0 aliphatic carbocycles. The van der Waals surface area contributed by atoms with Gasteiger partial charge in [-0.2, -0.15) is 0 Å². The molecule has 0 saturated carbocycles. The van der Waals surface area contributed by atoms with E-state index in [0.29, 0.717) is 133 Å². The van der Waals surface area contributed by atoms with Crippen LogP contribution in [0.25, 0.3) is 0 Å². The number of nitrogens with zero attached hydrogens (tertiary/aromatic N) is 3. The molecule has 0 spiro atoms. The summed E-state index contributed by atoms with van der Waals surface area (Å²) in [6, 6.07) is 32.2. The van der Waals surface area contributed by atoms with E-state index in [-0.39, 0.29) is 129 Å². The third-order valence-electron chi connectivity index (χ3n) is 21.6. The number of carboxylic acids is 3. The fraction of sp³-hybridized carbons (Fsp3) is 0.447. The summed E-state index contributed by atoms with van der Waals surface area (Å²) in [5.74, 6) is -5.10. The van der Waals surface area contributed by atoms with Crippen LogP contribution in [0.15, 0.2) is 127 Å². The predicted octanol–water partition coefficient (Wildman–Crippen LogP) is 14.3. The topological polar surface area (TPSA) is 346 Å². The minimum atomic E-state index is -1.41. The predicted molar refractivity (Wildman–Crippen MR) is 460 cm³/mol. The highest BCUT2D eigenvalue weighted by Gasteiger charge is 2.51. The zero-order valence-corrected chi connectivity index (χ0v) is 74.4. The van der Waals surface area contributed by atoms with E-state index in [4.69, 9.17) is 83.8 Å². The normalized spacial score (nSPS) is 16.6. The quantitative estimate of drug-likeness (QED) is 0.0135. The van der Waals surface area contributed by atoms with Crippen LogP contribution in [-0.2, 0) is 91.8 Å². The van der Waals surface area contributed by atoms with Gasteiger partial charge < -0.3 is 70.8 Å². The lowest BCUT2D eigenvalue weighted by atomic mass is 9.79. The van der Waals surface area contributed by atoms with Crippen LogP contribution in [0.5, 0.6) is 17.2 Å². The minimum absolute atomic E-state index is 0.0176. The van der Waals surface area contributed by atoms with Gasteiger partial charge in [-0.25, -0.2) is 14.4 Å². The third kappa shape index (κ3) is 25.6. The second kappa shape index (κ2) is 45.3. The van der Waals surface area contributed by atoms with Crippen molar-refractivity contribution in [1.29, 1.82) is 0 Å². The number of rotatable bonds is 35. The van der Waals surface area contributed by atoms with E-state index < -0.39 is 70.0 Å². The van der Waals surface area contributed by atoms with Gasteiger partial charge in [-0.3, -0.25) is 38.4 Å². The summed E-state index contributed by atoms with van der Waals surface area (Å²) in [6.07, 6.45) is 2.65. The molecule has 25 nitrogen and oxygen atoms in total. The zero-order valence-electron chi connectivity index (χ0n) is 66.7. The Labute approximate surface area is 734 Å². The molecule has 7 atom stereocenters. The fourth-order valence-electron chi connectivity index (χ4n) is 14.2. The summed E-state index contributed by atoms with van der Waals surface area (Å²) in [4.78, 5) is 145. The molecule has 0 radical (unpaired) electrons. The first-order chi connectivity index (χ1) is 56.0. The fourth-order valence-corrected chi connectivity index (χ4v) is 16.8. The van der Waals surface area contributed by atoms with E-state index in [9.17, 15) is 68.1 Å². The first-order valence-electron chi connectivity index (χ1n) is 38.8. The van der Waals surface area contributed by atoms with Gasteiger partial charge in [0.2, 0.25) is 47.3 Å². The van der Waals surface area contributed by atoms with Gasteiger partial charge in [0.1, 0.15) is 71.4 Å². The Morgan fingerprint density at radius 3 is 0.847 bits per heavy atom. The van der Waals surface area contributed by atoms with Crippen LogP contribution < -0.4 is 40.8 Å². The molecule has 8 amide bonds. The van der Waals surface area contributed by atoms with Crippen molar-refractivity contribution in [3.05, 3.63) is 191 Å². The van der Waals surface area contributed by atoms with Crippen LogP contribution in [-0.4, -0.2) is 174 Å². The van der Waals surface area contributed by atoms with Crippen LogP contribution in [0.3, 0.4) is 0 Å². The number of hydrogen-bond donors (Lipinski definition) is 8.